The molecule has 0 saturated heterocycles. The van der Waals surface area contributed by atoms with Gasteiger partial charge in [-0.1, -0.05) is 81.4 Å². The van der Waals surface area contributed by atoms with Crippen molar-refractivity contribution in [3.8, 4) is 22.3 Å². The summed E-state index contributed by atoms with van der Waals surface area (Å²) in [6.45, 7) is 6.82. The van der Waals surface area contributed by atoms with E-state index in [4.69, 9.17) is 5.73 Å². The number of hydrogen-bond acceptors (Lipinski definition) is 1. The first kappa shape index (κ1) is 15.4. The zero-order chi connectivity index (χ0) is 16.4. The van der Waals surface area contributed by atoms with Gasteiger partial charge in [0.2, 0.25) is 0 Å². The zero-order valence-corrected chi connectivity index (χ0v) is 14.0. The largest absolute Gasteiger partial charge is 0.399 e. The molecule has 0 aliphatic rings. The van der Waals surface area contributed by atoms with E-state index in [-0.39, 0.29) is 5.41 Å². The molecule has 0 saturated carbocycles. The van der Waals surface area contributed by atoms with Crippen LogP contribution in [0, 0.1) is 0 Å². The molecule has 0 amide bonds. The van der Waals surface area contributed by atoms with Crippen molar-refractivity contribution in [3.63, 3.8) is 0 Å². The summed E-state index contributed by atoms with van der Waals surface area (Å²) in [5.41, 5.74) is 13.1. The molecule has 0 atom stereocenters. The van der Waals surface area contributed by atoms with E-state index < -0.39 is 0 Å². The van der Waals surface area contributed by atoms with Gasteiger partial charge in [0.05, 0.1) is 0 Å². The predicted molar refractivity (Wildman–Crippen MR) is 100 cm³/mol. The van der Waals surface area contributed by atoms with Crippen LogP contribution in [0.2, 0.25) is 0 Å². The first-order chi connectivity index (χ1) is 11.0. The van der Waals surface area contributed by atoms with Gasteiger partial charge in [0.1, 0.15) is 0 Å². The van der Waals surface area contributed by atoms with Crippen LogP contribution in [-0.4, -0.2) is 0 Å². The second kappa shape index (κ2) is 5.92. The quantitative estimate of drug-likeness (QED) is 0.586. The Morgan fingerprint density at radius 3 is 1.65 bits per heavy atom. The Balaban J connectivity index is 2.27. The third-order valence-electron chi connectivity index (χ3n) is 4.12. The molecular formula is C22H23N. The van der Waals surface area contributed by atoms with Crippen LogP contribution >= 0.6 is 0 Å². The summed E-state index contributed by atoms with van der Waals surface area (Å²) in [4.78, 5) is 0. The molecule has 0 bridgehead atoms. The number of nitrogens with two attached hydrogens (primary N) is 1. The normalized spacial score (nSPS) is 11.4. The SMILES string of the molecule is CC(C)(C)c1c(-c2ccccc2)cccc1-c1ccc(N)cc1. The van der Waals surface area contributed by atoms with E-state index in [1.54, 1.807) is 0 Å². The Morgan fingerprint density at radius 1 is 0.609 bits per heavy atom. The summed E-state index contributed by atoms with van der Waals surface area (Å²) in [5, 5.41) is 0. The highest BCUT2D eigenvalue weighted by Crippen LogP contribution is 2.40. The predicted octanol–water partition coefficient (Wildman–Crippen LogP) is 5.90. The molecule has 3 rings (SSSR count). The molecule has 0 fully saturated rings. The molecule has 0 unspecified atom stereocenters. The van der Waals surface area contributed by atoms with Gasteiger partial charge in [-0.3, -0.25) is 0 Å². The highest BCUT2D eigenvalue weighted by molar-refractivity contribution is 5.80. The van der Waals surface area contributed by atoms with Gasteiger partial charge in [-0.15, -0.1) is 0 Å². The van der Waals surface area contributed by atoms with Crippen molar-refractivity contribution < 1.29 is 0 Å². The van der Waals surface area contributed by atoms with Crippen LogP contribution in [0.1, 0.15) is 26.3 Å². The van der Waals surface area contributed by atoms with Gasteiger partial charge in [-0.05, 0) is 45.4 Å². The van der Waals surface area contributed by atoms with Crippen molar-refractivity contribution in [3.05, 3.63) is 78.4 Å². The summed E-state index contributed by atoms with van der Waals surface area (Å²) >= 11 is 0. The molecule has 116 valence electrons. The number of rotatable bonds is 2. The lowest BCUT2D eigenvalue weighted by Crippen LogP contribution is -2.14. The van der Waals surface area contributed by atoms with Gasteiger partial charge >= 0.3 is 0 Å². The molecule has 0 aliphatic heterocycles. The molecule has 1 nitrogen and oxygen atoms in total. The maximum absolute atomic E-state index is 5.85. The first-order valence-corrected chi connectivity index (χ1v) is 8.01. The molecule has 0 aromatic heterocycles. The minimum atomic E-state index is 0.0448. The molecule has 0 heterocycles. The Bertz CT molecular complexity index is 794. The molecule has 3 aromatic carbocycles. The van der Waals surface area contributed by atoms with E-state index in [1.807, 2.05) is 12.1 Å². The number of benzene rings is 3. The number of hydrogen-bond donors (Lipinski definition) is 1. The molecule has 23 heavy (non-hydrogen) atoms. The average Bonchev–Trinajstić information content (AvgIpc) is 2.55. The molecule has 1 heteroatoms. The van der Waals surface area contributed by atoms with Gasteiger partial charge in [-0.25, -0.2) is 0 Å². The third-order valence-corrected chi connectivity index (χ3v) is 4.12. The fourth-order valence-electron chi connectivity index (χ4n) is 3.12. The first-order valence-electron chi connectivity index (χ1n) is 8.01. The second-order valence-electron chi connectivity index (χ2n) is 6.97. The molecule has 0 spiro atoms. The summed E-state index contributed by atoms with van der Waals surface area (Å²) in [6.07, 6.45) is 0. The van der Waals surface area contributed by atoms with Crippen LogP contribution in [0.15, 0.2) is 72.8 Å². The van der Waals surface area contributed by atoms with Crippen LogP contribution < -0.4 is 5.73 Å². The van der Waals surface area contributed by atoms with E-state index in [9.17, 15) is 0 Å². The topological polar surface area (TPSA) is 26.0 Å². The minimum Gasteiger partial charge on any atom is -0.399 e. The molecule has 3 aromatic rings. The minimum absolute atomic E-state index is 0.0448. The fourth-order valence-corrected chi connectivity index (χ4v) is 3.12. The molecule has 0 radical (unpaired) electrons. The summed E-state index contributed by atoms with van der Waals surface area (Å²) in [5.74, 6) is 0. The van der Waals surface area contributed by atoms with Crippen LogP contribution in [0.4, 0.5) is 5.69 Å². The Morgan fingerprint density at radius 2 is 1.13 bits per heavy atom. The summed E-state index contributed by atoms with van der Waals surface area (Å²) < 4.78 is 0. The molecule has 2 N–H and O–H groups in total. The highest BCUT2D eigenvalue weighted by atomic mass is 14.5. The van der Waals surface area contributed by atoms with Gasteiger partial charge in [0, 0.05) is 5.69 Å². The lowest BCUT2D eigenvalue weighted by atomic mass is 9.77. The smallest absolute Gasteiger partial charge is 0.0314 e. The van der Waals surface area contributed by atoms with Crippen molar-refractivity contribution in [2.24, 2.45) is 0 Å². The number of nitrogen functional groups attached to an aromatic ring is 1. The van der Waals surface area contributed by atoms with E-state index in [0.717, 1.165) is 5.69 Å². The average molecular weight is 301 g/mol. The number of anilines is 1. The maximum Gasteiger partial charge on any atom is 0.0314 e. The molecular weight excluding hydrogens is 278 g/mol. The molecule has 0 aliphatic carbocycles. The van der Waals surface area contributed by atoms with Gasteiger partial charge < -0.3 is 5.73 Å². The van der Waals surface area contributed by atoms with E-state index in [2.05, 4.69) is 81.4 Å². The Kier molecular flexibility index (Phi) is 3.96. The van der Waals surface area contributed by atoms with E-state index in [0.29, 0.717) is 0 Å². The highest BCUT2D eigenvalue weighted by Gasteiger charge is 2.23. The Hall–Kier alpha value is -2.54. The Labute approximate surface area is 138 Å². The third kappa shape index (κ3) is 3.14. The van der Waals surface area contributed by atoms with Crippen LogP contribution in [-0.2, 0) is 5.41 Å². The standard InChI is InChI=1S/C22H23N/c1-22(2,3)21-19(16-8-5-4-6-9-16)10-7-11-20(21)17-12-14-18(23)15-13-17/h4-15H,23H2,1-3H3. The maximum atomic E-state index is 5.85. The lowest BCUT2D eigenvalue weighted by Gasteiger charge is -2.27. The van der Waals surface area contributed by atoms with Crippen molar-refractivity contribution >= 4 is 5.69 Å². The van der Waals surface area contributed by atoms with Crippen molar-refractivity contribution in [2.75, 3.05) is 5.73 Å². The lowest BCUT2D eigenvalue weighted by molar-refractivity contribution is 0.593. The van der Waals surface area contributed by atoms with Gasteiger partial charge in [-0.2, -0.15) is 0 Å². The second-order valence-corrected chi connectivity index (χ2v) is 6.97. The van der Waals surface area contributed by atoms with Gasteiger partial charge in [0.15, 0.2) is 0 Å². The van der Waals surface area contributed by atoms with E-state index >= 15 is 0 Å². The van der Waals surface area contributed by atoms with Crippen molar-refractivity contribution in [1.82, 2.24) is 0 Å². The monoisotopic (exact) mass is 301 g/mol. The van der Waals surface area contributed by atoms with Crippen LogP contribution in [0.3, 0.4) is 0 Å². The van der Waals surface area contributed by atoms with Crippen molar-refractivity contribution in [1.29, 1.82) is 0 Å². The van der Waals surface area contributed by atoms with Crippen LogP contribution in [0.5, 0.6) is 0 Å². The van der Waals surface area contributed by atoms with Crippen molar-refractivity contribution in [2.45, 2.75) is 26.2 Å². The van der Waals surface area contributed by atoms with Crippen LogP contribution in [0.25, 0.3) is 22.3 Å². The van der Waals surface area contributed by atoms with E-state index in [1.165, 1.54) is 27.8 Å². The summed E-state index contributed by atoms with van der Waals surface area (Å²) in [6, 6.07) is 25.3. The van der Waals surface area contributed by atoms with Gasteiger partial charge in [0.25, 0.3) is 0 Å². The zero-order valence-electron chi connectivity index (χ0n) is 14.0. The fraction of sp³-hybridized carbons (Fsp3) is 0.182. The summed E-state index contributed by atoms with van der Waals surface area (Å²) in [7, 11) is 0.